The Labute approximate surface area is 489 Å². The largest absolute Gasteiger partial charge is 0.479 e. The van der Waals surface area contributed by atoms with E-state index in [9.17, 15) is 81.1 Å². The van der Waals surface area contributed by atoms with Gasteiger partial charge in [-0.3, -0.25) is 0 Å². The first-order chi connectivity index (χ1) is 39.2. The summed E-state index contributed by atoms with van der Waals surface area (Å²) in [7, 11) is 0. The van der Waals surface area contributed by atoms with E-state index in [1.54, 1.807) is 19.9 Å². The van der Waals surface area contributed by atoms with Crippen LogP contribution in [-0.4, -0.2) is 244 Å². The fraction of sp³-hybridized carbons (Fsp3) is 0.898. The highest BCUT2D eigenvalue weighted by molar-refractivity contribution is 5.87. The molecule has 0 amide bonds. The summed E-state index contributed by atoms with van der Waals surface area (Å²) in [4.78, 5) is 26.7. The number of carbonyl (C=O) groups is 2. The molecule has 5 aliphatic carbocycles. The average molecular weight is 1200 g/mol. The SMILES string of the molecule is C/C=C(/C)C(=O)O[C@H]1CC(C)(C)C[C@@H]2C3=CC[C@@H]4[C@@]5(C)CC[C@H](O[C@@H]6O[C@H](C(=O)O)[C@@H](O)[C@H](O[C@@H]7O[C@H](CO)[C@H](O)[C@H](O)[C@H]7O[C@@H]7O[C@@H](C)[C@H](O)[C@@H](O)[C@H]7O)[C@H]6O[C@@H]6O[C@H](CO)[C@@H](O)[C@H](O)[C@H]6O)C(C)(C)C5CC[C@@]4(C)[C@]3(C)C[C@@H](O)[C@@]12CO. The molecule has 4 heterocycles. The van der Waals surface area contributed by atoms with Gasteiger partial charge >= 0.3 is 11.9 Å². The quantitative estimate of drug-likeness (QED) is 0.0430. The Morgan fingerprint density at radius 2 is 1.19 bits per heavy atom. The van der Waals surface area contributed by atoms with Crippen LogP contribution >= 0.6 is 0 Å². The van der Waals surface area contributed by atoms with Gasteiger partial charge < -0.3 is 114 Å². The number of esters is 1. The fourth-order valence-electron chi connectivity index (χ4n) is 17.3. The summed E-state index contributed by atoms with van der Waals surface area (Å²) < 4.78 is 55.4. The van der Waals surface area contributed by atoms with Crippen molar-refractivity contribution >= 4 is 11.9 Å². The smallest absolute Gasteiger partial charge is 0.335 e. The highest BCUT2D eigenvalue weighted by atomic mass is 16.8. The number of carboxylic acids is 1. The first-order valence-electron chi connectivity index (χ1n) is 29.9. The van der Waals surface area contributed by atoms with E-state index in [1.807, 2.05) is 13.8 Å². The molecule has 25 nitrogen and oxygen atoms in total. The van der Waals surface area contributed by atoms with E-state index in [2.05, 4.69) is 40.7 Å². The first-order valence-corrected chi connectivity index (χ1v) is 29.9. The van der Waals surface area contributed by atoms with Crippen LogP contribution in [0.1, 0.15) is 121 Å². The third-order valence-corrected chi connectivity index (χ3v) is 22.5. The van der Waals surface area contributed by atoms with E-state index in [0.717, 1.165) is 0 Å². The lowest BCUT2D eigenvalue weighted by Crippen LogP contribution is -2.70. The minimum absolute atomic E-state index is 0.0468. The number of fused-ring (bicyclic) bond motifs is 7. The van der Waals surface area contributed by atoms with Crippen molar-refractivity contribution in [3.05, 3.63) is 23.3 Å². The average Bonchev–Trinajstić information content (AvgIpc) is 0.685. The van der Waals surface area contributed by atoms with Crippen LogP contribution in [0.25, 0.3) is 0 Å². The van der Waals surface area contributed by atoms with Gasteiger partial charge in [0.1, 0.15) is 91.6 Å². The first kappa shape index (κ1) is 66.0. The summed E-state index contributed by atoms with van der Waals surface area (Å²) >= 11 is 0. The Morgan fingerprint density at radius 3 is 1.80 bits per heavy atom. The minimum atomic E-state index is -2.26. The van der Waals surface area contributed by atoms with Crippen LogP contribution < -0.4 is 0 Å². The molecular weight excluding hydrogens is 1110 g/mol. The van der Waals surface area contributed by atoms with E-state index in [1.165, 1.54) is 12.5 Å². The van der Waals surface area contributed by atoms with Crippen molar-refractivity contribution in [3.8, 4) is 0 Å². The molecule has 0 aromatic rings. The Hall–Kier alpha value is -2.42. The van der Waals surface area contributed by atoms with Gasteiger partial charge in [0.2, 0.25) is 0 Å². The number of carbonyl (C=O) groups excluding carboxylic acids is 1. The van der Waals surface area contributed by atoms with Gasteiger partial charge in [-0.15, -0.1) is 0 Å². The maximum atomic E-state index is 13.4. The van der Waals surface area contributed by atoms with Gasteiger partial charge in [-0.25, -0.2) is 9.59 Å². The number of allylic oxidation sites excluding steroid dienone is 3. The van der Waals surface area contributed by atoms with Gasteiger partial charge in [0.15, 0.2) is 31.3 Å². The lowest BCUT2D eigenvalue weighted by molar-refractivity contribution is -0.406. The predicted molar refractivity (Wildman–Crippen MR) is 288 cm³/mol. The van der Waals surface area contributed by atoms with Crippen molar-refractivity contribution < 1.29 is 124 Å². The van der Waals surface area contributed by atoms with Crippen LogP contribution in [-0.2, 0) is 52.2 Å². The molecule has 14 N–H and O–H groups in total. The van der Waals surface area contributed by atoms with Gasteiger partial charge in [-0.1, -0.05) is 66.2 Å². The fourth-order valence-corrected chi connectivity index (χ4v) is 17.3. The lowest BCUT2D eigenvalue weighted by Gasteiger charge is -2.72. The molecule has 0 radical (unpaired) electrons. The molecule has 9 rings (SSSR count). The Balaban J connectivity index is 1.04. The van der Waals surface area contributed by atoms with Crippen molar-refractivity contribution in [2.75, 3.05) is 19.8 Å². The second-order valence-corrected chi connectivity index (χ2v) is 27.9. The van der Waals surface area contributed by atoms with E-state index >= 15 is 0 Å². The topological polar surface area (TPSA) is 400 Å². The molecule has 0 aromatic carbocycles. The van der Waals surface area contributed by atoms with Crippen LogP contribution in [0, 0.1) is 50.2 Å². The summed E-state index contributed by atoms with van der Waals surface area (Å²) in [6, 6.07) is 0. The molecular formula is C59H94O25. The number of ether oxygens (including phenoxy) is 9. The Morgan fingerprint density at radius 1 is 0.619 bits per heavy atom. The zero-order chi connectivity index (χ0) is 61.9. The number of aliphatic hydroxyl groups excluding tert-OH is 13. The van der Waals surface area contributed by atoms with Crippen LogP contribution in [0.4, 0.5) is 0 Å². The van der Waals surface area contributed by atoms with Crippen molar-refractivity contribution in [1.29, 1.82) is 0 Å². The number of aliphatic hydroxyl groups is 13. The van der Waals surface area contributed by atoms with Crippen LogP contribution in [0.5, 0.6) is 0 Å². The van der Waals surface area contributed by atoms with E-state index in [4.69, 9.17) is 42.6 Å². The normalized spacial score (nSPS) is 51.9. The summed E-state index contributed by atoms with van der Waals surface area (Å²) in [6.45, 7) is 17.8. The van der Waals surface area contributed by atoms with Crippen LogP contribution in [0.15, 0.2) is 23.3 Å². The van der Waals surface area contributed by atoms with Crippen molar-refractivity contribution in [2.24, 2.45) is 50.2 Å². The van der Waals surface area contributed by atoms with Crippen molar-refractivity contribution in [2.45, 2.75) is 262 Å². The lowest BCUT2D eigenvalue weighted by atomic mass is 9.33. The van der Waals surface area contributed by atoms with E-state index in [-0.39, 0.29) is 35.2 Å². The number of hydrogen-bond acceptors (Lipinski definition) is 24. The van der Waals surface area contributed by atoms with Crippen molar-refractivity contribution in [3.63, 3.8) is 0 Å². The monoisotopic (exact) mass is 1200 g/mol. The zero-order valence-electron chi connectivity index (χ0n) is 49.7. The minimum Gasteiger partial charge on any atom is -0.479 e. The number of carboxylic acid groups (broad SMARTS) is 1. The van der Waals surface area contributed by atoms with Gasteiger partial charge in [-0.2, -0.15) is 0 Å². The number of aliphatic carboxylic acids is 1. The molecule has 25 heteroatoms. The van der Waals surface area contributed by atoms with Gasteiger partial charge in [0.05, 0.1) is 43.5 Å². The van der Waals surface area contributed by atoms with E-state index < -0.39 is 188 Å². The summed E-state index contributed by atoms with van der Waals surface area (Å²) in [5.41, 5.74) is -1.94. The van der Waals surface area contributed by atoms with Gasteiger partial charge in [0, 0.05) is 5.57 Å². The maximum absolute atomic E-state index is 13.4. The highest BCUT2D eigenvalue weighted by Crippen LogP contribution is 2.76. The highest BCUT2D eigenvalue weighted by Gasteiger charge is 2.72. The molecule has 8 fully saturated rings. The Bertz CT molecular complexity index is 2420. The third-order valence-electron chi connectivity index (χ3n) is 22.5. The Kier molecular flexibility index (Phi) is 18.9. The second-order valence-electron chi connectivity index (χ2n) is 27.9. The maximum Gasteiger partial charge on any atom is 0.335 e. The second kappa shape index (κ2) is 24.1. The molecule has 0 spiro atoms. The summed E-state index contributed by atoms with van der Waals surface area (Å²) in [5.74, 6) is -2.53. The van der Waals surface area contributed by atoms with Gasteiger partial charge in [0.25, 0.3) is 0 Å². The molecule has 4 saturated carbocycles. The van der Waals surface area contributed by atoms with Crippen molar-refractivity contribution in [1.82, 2.24) is 0 Å². The molecule has 30 atom stereocenters. The molecule has 1 unspecified atom stereocenters. The molecule has 0 aromatic heterocycles. The molecule has 0 bridgehead atoms. The zero-order valence-corrected chi connectivity index (χ0v) is 49.7. The molecule has 84 heavy (non-hydrogen) atoms. The summed E-state index contributed by atoms with van der Waals surface area (Å²) in [6.07, 6.45) is -31.8. The van der Waals surface area contributed by atoms with Crippen LogP contribution in [0.3, 0.4) is 0 Å². The standard InChI is InChI=1S/C59H94O25/c1-11-24(2)49(75)79-34-20-54(4,5)18-27-26-12-13-31-56(8)16-15-33(55(6,7)30(56)14-17-57(31,9)58(26,10)19-32(63)59(27,34)23-62)80-53-47(84-51-42(71)39(68)36(65)28(21-60)77-51)44(43(72)45(82-53)48(73)74)81-52-46(40(69)37(66)29(22-61)78-52)83-50-41(70)38(67)35(64)25(3)76-50/h11-12,25,27-47,50-53,60-72H,13-23H2,1-10H3,(H,73,74)/b24-11-/t25-,27+,28+,29+,30?,31+,32+,33-,34-,35-,36+,37-,38+,39-,40-,41+,42+,43-,44-,45-,46+,47+,50-,51-,52-,53+,56-,57+,58+,59-/m0/s1. The molecule has 4 saturated heterocycles. The third kappa shape index (κ3) is 10.8. The molecule has 4 aliphatic heterocycles. The van der Waals surface area contributed by atoms with E-state index in [0.29, 0.717) is 56.9 Å². The molecule has 9 aliphatic rings. The van der Waals surface area contributed by atoms with Crippen LogP contribution in [0.2, 0.25) is 0 Å². The number of hydrogen-bond donors (Lipinski definition) is 14. The van der Waals surface area contributed by atoms with Gasteiger partial charge in [-0.05, 0) is 117 Å². The predicted octanol–water partition coefficient (Wildman–Crippen LogP) is -0.983. The molecule has 480 valence electrons. The number of rotatable bonds is 14. The summed E-state index contributed by atoms with van der Waals surface area (Å²) in [5, 5.41) is 155.